The van der Waals surface area contributed by atoms with Gasteiger partial charge in [-0.05, 0) is 17.7 Å². The van der Waals surface area contributed by atoms with Crippen molar-refractivity contribution in [2.24, 2.45) is 7.05 Å². The minimum absolute atomic E-state index is 0.180. The average molecular weight is 320 g/mol. The van der Waals surface area contributed by atoms with Gasteiger partial charge in [0.25, 0.3) is 5.56 Å². The molecule has 6 nitrogen and oxygen atoms in total. The zero-order chi connectivity index (χ0) is 13.4. The molecule has 2 aromatic heterocycles. The molecule has 0 saturated carbocycles. The molecule has 7 heteroatoms. The maximum absolute atomic E-state index is 12.2. The highest BCUT2D eigenvalue weighted by Gasteiger charge is 2.09. The van der Waals surface area contributed by atoms with E-state index in [1.54, 1.807) is 7.05 Å². The lowest BCUT2D eigenvalue weighted by Gasteiger charge is -2.03. The lowest BCUT2D eigenvalue weighted by atomic mass is 10.2. The van der Waals surface area contributed by atoms with E-state index < -0.39 is 0 Å². The van der Waals surface area contributed by atoms with Gasteiger partial charge in [0, 0.05) is 11.5 Å². The first-order valence-corrected chi connectivity index (χ1v) is 6.44. The number of fused-ring (bicyclic) bond motifs is 1. The van der Waals surface area contributed by atoms with Crippen LogP contribution in [-0.2, 0) is 13.6 Å². The third-order valence-corrected chi connectivity index (χ3v) is 3.39. The first-order valence-electron chi connectivity index (χ1n) is 5.65. The highest BCUT2D eigenvalue weighted by molar-refractivity contribution is 9.10. The van der Waals surface area contributed by atoms with Crippen LogP contribution in [0.2, 0.25) is 0 Å². The van der Waals surface area contributed by atoms with Crippen LogP contribution in [0.4, 0.5) is 0 Å². The smallest absolute Gasteiger partial charge is 0.267 e. The van der Waals surface area contributed by atoms with E-state index in [9.17, 15) is 4.79 Å². The molecule has 96 valence electrons. The molecule has 0 unspecified atom stereocenters. The highest BCUT2D eigenvalue weighted by atomic mass is 79.9. The van der Waals surface area contributed by atoms with Gasteiger partial charge in [-0.25, -0.2) is 9.36 Å². The summed E-state index contributed by atoms with van der Waals surface area (Å²) in [5.41, 5.74) is 1.31. The van der Waals surface area contributed by atoms with Crippen molar-refractivity contribution in [2.75, 3.05) is 0 Å². The predicted molar refractivity (Wildman–Crippen MR) is 73.8 cm³/mol. The van der Waals surface area contributed by atoms with Crippen molar-refractivity contribution >= 4 is 27.0 Å². The van der Waals surface area contributed by atoms with Gasteiger partial charge in [0.1, 0.15) is 5.39 Å². The van der Waals surface area contributed by atoms with Crippen molar-refractivity contribution in [1.29, 1.82) is 0 Å². The second-order valence-corrected chi connectivity index (χ2v) is 5.10. The van der Waals surface area contributed by atoms with Gasteiger partial charge in [-0.1, -0.05) is 33.3 Å². The lowest BCUT2D eigenvalue weighted by Crippen LogP contribution is -2.24. The number of aromatic nitrogens is 5. The topological polar surface area (TPSA) is 65.6 Å². The normalized spacial score (nSPS) is 11.1. The Balaban J connectivity index is 2.04. The third-order valence-electron chi connectivity index (χ3n) is 2.87. The maximum atomic E-state index is 12.2. The highest BCUT2D eigenvalue weighted by Crippen LogP contribution is 2.11. The second kappa shape index (κ2) is 4.58. The summed E-state index contributed by atoms with van der Waals surface area (Å²) < 4.78 is 3.87. The van der Waals surface area contributed by atoms with E-state index in [4.69, 9.17) is 0 Å². The van der Waals surface area contributed by atoms with Gasteiger partial charge in [-0.15, -0.1) is 5.10 Å². The second-order valence-electron chi connectivity index (χ2n) is 4.18. The van der Waals surface area contributed by atoms with Crippen LogP contribution in [0.25, 0.3) is 11.0 Å². The Bertz CT molecular complexity index is 790. The van der Waals surface area contributed by atoms with Gasteiger partial charge >= 0.3 is 0 Å². The zero-order valence-electron chi connectivity index (χ0n) is 10.1. The monoisotopic (exact) mass is 319 g/mol. The molecule has 0 aliphatic rings. The van der Waals surface area contributed by atoms with Crippen LogP contribution in [0.1, 0.15) is 5.56 Å². The Labute approximate surface area is 116 Å². The zero-order valence-corrected chi connectivity index (χ0v) is 11.7. The largest absolute Gasteiger partial charge is 0.281 e. The van der Waals surface area contributed by atoms with Gasteiger partial charge in [0.05, 0.1) is 12.7 Å². The van der Waals surface area contributed by atoms with Crippen molar-refractivity contribution in [3.63, 3.8) is 0 Å². The van der Waals surface area contributed by atoms with Crippen LogP contribution in [0.15, 0.2) is 39.7 Å². The molecule has 1 aromatic carbocycles. The van der Waals surface area contributed by atoms with E-state index in [1.807, 2.05) is 24.3 Å². The summed E-state index contributed by atoms with van der Waals surface area (Å²) in [4.78, 5) is 12.2. The molecule has 0 saturated heterocycles. The minimum atomic E-state index is -0.180. The fraction of sp³-hybridized carbons (Fsp3) is 0.167. The summed E-state index contributed by atoms with van der Waals surface area (Å²) in [6, 6.07) is 7.73. The molecule has 0 atom stereocenters. The Morgan fingerprint density at radius 3 is 2.74 bits per heavy atom. The molecular weight excluding hydrogens is 310 g/mol. The molecule has 19 heavy (non-hydrogen) atoms. The van der Waals surface area contributed by atoms with Crippen LogP contribution in [0, 0.1) is 0 Å². The molecule has 3 rings (SSSR count). The molecule has 0 aliphatic heterocycles. The quantitative estimate of drug-likeness (QED) is 0.715. The Kier molecular flexibility index (Phi) is 2.90. The molecule has 3 aromatic rings. The van der Waals surface area contributed by atoms with Crippen molar-refractivity contribution in [1.82, 2.24) is 24.8 Å². The molecule has 0 spiro atoms. The number of benzene rings is 1. The van der Waals surface area contributed by atoms with E-state index in [0.29, 0.717) is 17.6 Å². The van der Waals surface area contributed by atoms with Crippen LogP contribution in [0.5, 0.6) is 0 Å². The van der Waals surface area contributed by atoms with Gasteiger partial charge in [-0.2, -0.15) is 5.10 Å². The third kappa shape index (κ3) is 2.17. The van der Waals surface area contributed by atoms with Gasteiger partial charge in [0.2, 0.25) is 0 Å². The average Bonchev–Trinajstić information content (AvgIpc) is 2.78. The first-order chi connectivity index (χ1) is 9.15. The molecular formula is C12H10BrN5O. The summed E-state index contributed by atoms with van der Waals surface area (Å²) in [6.45, 7) is 0.393. The molecule has 0 N–H and O–H groups in total. The molecule has 0 aliphatic carbocycles. The summed E-state index contributed by atoms with van der Waals surface area (Å²) >= 11 is 3.37. The summed E-state index contributed by atoms with van der Waals surface area (Å²) in [6.07, 6.45) is 1.52. The van der Waals surface area contributed by atoms with E-state index in [2.05, 4.69) is 31.3 Å². The number of nitrogens with zero attached hydrogens (tertiary/aromatic N) is 5. The Hall–Kier alpha value is -2.02. The number of aryl methyl sites for hydroxylation is 1. The van der Waals surface area contributed by atoms with Crippen molar-refractivity contribution < 1.29 is 0 Å². The summed E-state index contributed by atoms with van der Waals surface area (Å²) in [7, 11) is 1.73. The number of hydrogen-bond acceptors (Lipinski definition) is 4. The van der Waals surface area contributed by atoms with E-state index >= 15 is 0 Å². The summed E-state index contributed by atoms with van der Waals surface area (Å²) in [5, 5.41) is 12.5. The molecule has 0 bridgehead atoms. The Morgan fingerprint density at radius 2 is 2.00 bits per heavy atom. The van der Waals surface area contributed by atoms with Crippen molar-refractivity contribution in [2.45, 2.75) is 6.54 Å². The number of hydrogen-bond donors (Lipinski definition) is 0. The van der Waals surface area contributed by atoms with Crippen LogP contribution in [0.3, 0.4) is 0 Å². The van der Waals surface area contributed by atoms with Gasteiger partial charge in [-0.3, -0.25) is 4.79 Å². The van der Waals surface area contributed by atoms with Crippen molar-refractivity contribution in [3.8, 4) is 0 Å². The van der Waals surface area contributed by atoms with E-state index in [-0.39, 0.29) is 5.56 Å². The minimum Gasteiger partial charge on any atom is -0.267 e. The number of rotatable bonds is 2. The number of halogens is 1. The SMILES string of the molecule is Cn1ncc2c(=O)n(Cc3ccc(Br)cc3)nnc21. The molecule has 0 fully saturated rings. The van der Waals surface area contributed by atoms with Crippen LogP contribution in [-0.4, -0.2) is 24.8 Å². The Morgan fingerprint density at radius 1 is 1.26 bits per heavy atom. The standard InChI is InChI=1S/C12H10BrN5O/c1-17-11-10(6-14-17)12(19)18(16-15-11)7-8-2-4-9(13)5-3-8/h2-6H,7H2,1H3. The lowest BCUT2D eigenvalue weighted by molar-refractivity contribution is 0.595. The van der Waals surface area contributed by atoms with E-state index in [0.717, 1.165) is 10.0 Å². The van der Waals surface area contributed by atoms with Crippen LogP contribution >= 0.6 is 15.9 Å². The van der Waals surface area contributed by atoms with Gasteiger partial charge < -0.3 is 0 Å². The first kappa shape index (κ1) is 12.0. The molecule has 0 radical (unpaired) electrons. The molecule has 0 amide bonds. The summed E-state index contributed by atoms with van der Waals surface area (Å²) in [5.74, 6) is 0. The fourth-order valence-corrected chi connectivity index (χ4v) is 2.11. The maximum Gasteiger partial charge on any atom is 0.281 e. The fourth-order valence-electron chi connectivity index (χ4n) is 1.84. The van der Waals surface area contributed by atoms with Crippen molar-refractivity contribution in [3.05, 3.63) is 50.9 Å². The predicted octanol–water partition coefficient (Wildman–Crippen LogP) is 1.34. The van der Waals surface area contributed by atoms with E-state index in [1.165, 1.54) is 15.6 Å². The molecule has 2 heterocycles. The van der Waals surface area contributed by atoms with Gasteiger partial charge in [0.15, 0.2) is 5.65 Å². The van der Waals surface area contributed by atoms with Crippen LogP contribution < -0.4 is 5.56 Å².